The number of carbonyl (C=O) groups excluding carboxylic acids is 1. The molecule has 0 radical (unpaired) electrons. The molecule has 136 valence electrons. The molecule has 0 aliphatic rings. The van der Waals surface area contributed by atoms with Gasteiger partial charge in [-0.2, -0.15) is 9.61 Å². The average Bonchev–Trinajstić information content (AvgIpc) is 3.01. The van der Waals surface area contributed by atoms with Gasteiger partial charge in [-0.3, -0.25) is 0 Å². The van der Waals surface area contributed by atoms with Crippen LogP contribution in [0.5, 0.6) is 5.75 Å². The Hall–Kier alpha value is -3.20. The maximum absolute atomic E-state index is 12.0. The zero-order valence-electron chi connectivity index (χ0n) is 14.7. The largest absolute Gasteiger partial charge is 0.497 e. The lowest BCUT2D eigenvalue weighted by atomic mass is 10.1. The van der Waals surface area contributed by atoms with Crippen LogP contribution in [0, 0.1) is 0 Å². The summed E-state index contributed by atoms with van der Waals surface area (Å²) < 4.78 is 16.8. The van der Waals surface area contributed by atoms with E-state index in [2.05, 4.69) is 15.3 Å². The number of hydrogen-bond donors (Lipinski definition) is 1. The molecule has 0 fully saturated rings. The molecule has 0 spiro atoms. The number of nitrogens with two attached hydrogens (primary N) is 1. The maximum Gasteiger partial charge on any atom is 0.362 e. The monoisotopic (exact) mass is 357 g/mol. The highest BCUT2D eigenvalue weighted by Crippen LogP contribution is 2.30. The zero-order chi connectivity index (χ0) is 18.7. The van der Waals surface area contributed by atoms with Crippen LogP contribution in [-0.2, 0) is 16.1 Å². The van der Waals surface area contributed by atoms with Crippen LogP contribution in [0.4, 0.5) is 5.82 Å². The van der Waals surface area contributed by atoms with E-state index in [-0.39, 0.29) is 24.7 Å². The fourth-order valence-corrected chi connectivity index (χ4v) is 2.60. The van der Waals surface area contributed by atoms with E-state index >= 15 is 0 Å². The average molecular weight is 357 g/mol. The lowest BCUT2D eigenvalue weighted by Gasteiger charge is -2.06. The minimum Gasteiger partial charge on any atom is -0.497 e. The molecule has 9 heteroatoms. The molecule has 2 N–H and O–H groups in total. The first-order valence-corrected chi connectivity index (χ1v) is 7.94. The molecule has 0 aliphatic heterocycles. The Labute approximate surface area is 149 Å². The summed E-state index contributed by atoms with van der Waals surface area (Å²) in [6.07, 6.45) is 0. The predicted molar refractivity (Wildman–Crippen MR) is 93.9 cm³/mol. The number of benzene rings is 1. The van der Waals surface area contributed by atoms with Crippen molar-refractivity contribution in [3.8, 4) is 16.9 Å². The fourth-order valence-electron chi connectivity index (χ4n) is 2.60. The van der Waals surface area contributed by atoms with Gasteiger partial charge in [0.1, 0.15) is 5.75 Å². The van der Waals surface area contributed by atoms with Crippen LogP contribution in [0.2, 0.25) is 0 Å². The van der Waals surface area contributed by atoms with Gasteiger partial charge in [0, 0.05) is 7.11 Å². The topological polar surface area (TPSA) is 114 Å². The van der Waals surface area contributed by atoms with E-state index in [0.29, 0.717) is 11.3 Å². The normalized spacial score (nSPS) is 10.9. The zero-order valence-corrected chi connectivity index (χ0v) is 14.7. The van der Waals surface area contributed by atoms with E-state index in [1.165, 1.54) is 4.52 Å². The van der Waals surface area contributed by atoms with E-state index < -0.39 is 5.97 Å². The van der Waals surface area contributed by atoms with Crippen molar-refractivity contribution in [2.24, 2.45) is 0 Å². The summed E-state index contributed by atoms with van der Waals surface area (Å²) in [5.41, 5.74) is 8.64. The van der Waals surface area contributed by atoms with Crippen LogP contribution in [0.1, 0.15) is 23.1 Å². The molecule has 26 heavy (non-hydrogen) atoms. The molecule has 9 nitrogen and oxygen atoms in total. The highest BCUT2D eigenvalue weighted by atomic mass is 16.5. The lowest BCUT2D eigenvalue weighted by molar-refractivity contribution is 0.0519. The van der Waals surface area contributed by atoms with Gasteiger partial charge < -0.3 is 19.9 Å². The van der Waals surface area contributed by atoms with E-state index in [9.17, 15) is 4.79 Å². The number of fused-ring (bicyclic) bond motifs is 1. The summed E-state index contributed by atoms with van der Waals surface area (Å²) in [5.74, 6) is 0.147. The van der Waals surface area contributed by atoms with E-state index in [1.54, 1.807) is 21.1 Å². The smallest absolute Gasteiger partial charge is 0.362 e. The van der Waals surface area contributed by atoms with Crippen molar-refractivity contribution in [2.45, 2.75) is 13.5 Å². The van der Waals surface area contributed by atoms with Crippen LogP contribution >= 0.6 is 0 Å². The second-order valence-electron chi connectivity index (χ2n) is 5.37. The Morgan fingerprint density at radius 2 is 1.92 bits per heavy atom. The van der Waals surface area contributed by atoms with E-state index in [4.69, 9.17) is 19.9 Å². The van der Waals surface area contributed by atoms with Crippen LogP contribution in [0.15, 0.2) is 24.3 Å². The van der Waals surface area contributed by atoms with Gasteiger partial charge in [-0.1, -0.05) is 12.1 Å². The minimum absolute atomic E-state index is 0.0607. The van der Waals surface area contributed by atoms with Crippen molar-refractivity contribution < 1.29 is 19.0 Å². The molecule has 0 atom stereocenters. The summed E-state index contributed by atoms with van der Waals surface area (Å²) in [6, 6.07) is 7.43. The number of anilines is 1. The molecule has 0 amide bonds. The standard InChI is InChI=1S/C17H19N5O4/c1-4-26-17(23)14-15(18)22-16(20-19-14)13(12(21-22)9-24-2)10-5-7-11(25-3)8-6-10/h5-8H,4,9,18H2,1-3H3. The van der Waals surface area contributed by atoms with Crippen molar-refractivity contribution >= 4 is 17.4 Å². The number of nitrogen functional groups attached to an aromatic ring is 1. The van der Waals surface area contributed by atoms with Gasteiger partial charge in [0.25, 0.3) is 0 Å². The van der Waals surface area contributed by atoms with Gasteiger partial charge in [-0.25, -0.2) is 4.79 Å². The van der Waals surface area contributed by atoms with Gasteiger partial charge in [0.2, 0.25) is 5.69 Å². The van der Waals surface area contributed by atoms with E-state index in [0.717, 1.165) is 16.9 Å². The third kappa shape index (κ3) is 3.04. The number of carbonyl (C=O) groups is 1. The van der Waals surface area contributed by atoms with Gasteiger partial charge in [-0.15, -0.1) is 10.2 Å². The Bertz CT molecular complexity index is 936. The Kier molecular flexibility index (Phi) is 4.99. The maximum atomic E-state index is 12.0. The van der Waals surface area contributed by atoms with E-state index in [1.807, 2.05) is 24.3 Å². The molecule has 1 aromatic carbocycles. The quantitative estimate of drug-likeness (QED) is 0.663. The molecule has 0 bridgehead atoms. The number of ether oxygens (including phenoxy) is 3. The first kappa shape index (κ1) is 17.6. The van der Waals surface area contributed by atoms with Gasteiger partial charge in [0.05, 0.1) is 31.6 Å². The molecule has 0 saturated heterocycles. The highest BCUT2D eigenvalue weighted by molar-refractivity contribution is 5.93. The third-order valence-electron chi connectivity index (χ3n) is 3.78. The molecule has 3 rings (SSSR count). The van der Waals surface area contributed by atoms with Crippen molar-refractivity contribution in [1.82, 2.24) is 19.8 Å². The Morgan fingerprint density at radius 3 is 2.54 bits per heavy atom. The lowest BCUT2D eigenvalue weighted by Crippen LogP contribution is -2.15. The molecular formula is C17H19N5O4. The van der Waals surface area contributed by atoms with Gasteiger partial charge in [0.15, 0.2) is 11.5 Å². The van der Waals surface area contributed by atoms with Crippen molar-refractivity contribution in [3.05, 3.63) is 35.7 Å². The summed E-state index contributed by atoms with van der Waals surface area (Å²) in [6.45, 7) is 2.16. The molecule has 2 aromatic heterocycles. The number of nitrogens with zero attached hydrogens (tertiary/aromatic N) is 4. The fraction of sp³-hybridized carbons (Fsp3) is 0.294. The van der Waals surface area contributed by atoms with Crippen LogP contribution in [0.3, 0.4) is 0 Å². The molecule has 0 unspecified atom stereocenters. The molecule has 0 aliphatic carbocycles. The summed E-state index contributed by atoms with van der Waals surface area (Å²) >= 11 is 0. The first-order valence-electron chi connectivity index (χ1n) is 7.94. The predicted octanol–water partition coefficient (Wildman–Crippen LogP) is 1.71. The van der Waals surface area contributed by atoms with Crippen LogP contribution in [-0.4, -0.2) is 46.6 Å². The molecule has 3 aromatic rings. The van der Waals surface area contributed by atoms with Crippen molar-refractivity contribution in [2.75, 3.05) is 26.6 Å². The summed E-state index contributed by atoms with van der Waals surface area (Å²) in [4.78, 5) is 12.0. The number of rotatable bonds is 6. The molecule has 0 saturated carbocycles. The Balaban J connectivity index is 2.19. The first-order chi connectivity index (χ1) is 12.6. The second-order valence-corrected chi connectivity index (χ2v) is 5.37. The molecular weight excluding hydrogens is 338 g/mol. The summed E-state index contributed by atoms with van der Waals surface area (Å²) in [5, 5.41) is 12.5. The van der Waals surface area contributed by atoms with Crippen LogP contribution in [0.25, 0.3) is 16.8 Å². The third-order valence-corrected chi connectivity index (χ3v) is 3.78. The number of esters is 1. The Morgan fingerprint density at radius 1 is 1.19 bits per heavy atom. The number of aromatic nitrogens is 4. The van der Waals surface area contributed by atoms with Gasteiger partial charge >= 0.3 is 5.97 Å². The van der Waals surface area contributed by atoms with Crippen molar-refractivity contribution in [1.29, 1.82) is 0 Å². The van der Waals surface area contributed by atoms with Crippen LogP contribution < -0.4 is 10.5 Å². The molecule has 2 heterocycles. The number of methoxy groups -OCH3 is 2. The highest BCUT2D eigenvalue weighted by Gasteiger charge is 2.23. The minimum atomic E-state index is -0.644. The van der Waals surface area contributed by atoms with Gasteiger partial charge in [-0.05, 0) is 24.6 Å². The SMILES string of the molecule is CCOC(=O)c1nnc2c(-c3ccc(OC)cc3)c(COC)nn2c1N. The number of hydrogen-bond acceptors (Lipinski definition) is 8. The van der Waals surface area contributed by atoms with Crippen molar-refractivity contribution in [3.63, 3.8) is 0 Å². The summed E-state index contributed by atoms with van der Waals surface area (Å²) in [7, 11) is 3.17. The second kappa shape index (κ2) is 7.36.